The maximum absolute atomic E-state index is 12.2. The van der Waals surface area contributed by atoms with Crippen molar-refractivity contribution in [2.24, 2.45) is 11.7 Å². The van der Waals surface area contributed by atoms with E-state index < -0.39 is 11.8 Å². The molecule has 0 aromatic heterocycles. The number of rotatable bonds is 1. The molecule has 13 heavy (non-hydrogen) atoms. The SMILES string of the molecule is NC(=O)C(=O)N1CCC(CF)CC1. The lowest BCUT2D eigenvalue weighted by Crippen LogP contribution is -2.44. The van der Waals surface area contributed by atoms with Crippen LogP contribution in [0.5, 0.6) is 0 Å². The minimum Gasteiger partial charge on any atom is -0.361 e. The number of nitrogens with zero attached hydrogens (tertiary/aromatic N) is 1. The first-order chi connectivity index (χ1) is 6.15. The molecule has 0 radical (unpaired) electrons. The lowest BCUT2D eigenvalue weighted by molar-refractivity contribution is -0.145. The third-order valence-corrected chi connectivity index (χ3v) is 2.33. The molecule has 1 aliphatic rings. The van der Waals surface area contributed by atoms with Gasteiger partial charge >= 0.3 is 11.8 Å². The highest BCUT2D eigenvalue weighted by molar-refractivity contribution is 6.34. The fourth-order valence-corrected chi connectivity index (χ4v) is 1.45. The Morgan fingerprint density at radius 3 is 2.31 bits per heavy atom. The predicted octanol–water partition coefficient (Wildman–Crippen LogP) is -0.320. The summed E-state index contributed by atoms with van der Waals surface area (Å²) in [6.45, 7) is 0.533. The Hall–Kier alpha value is -1.13. The first-order valence-corrected chi connectivity index (χ1v) is 4.29. The summed E-state index contributed by atoms with van der Waals surface area (Å²) >= 11 is 0. The molecule has 0 spiro atoms. The second-order valence-corrected chi connectivity index (χ2v) is 3.25. The number of likely N-dealkylation sites (tertiary alicyclic amines) is 1. The van der Waals surface area contributed by atoms with Gasteiger partial charge in [0, 0.05) is 13.1 Å². The number of alkyl halides is 1. The third-order valence-electron chi connectivity index (χ3n) is 2.33. The van der Waals surface area contributed by atoms with Crippen molar-refractivity contribution in [3.8, 4) is 0 Å². The first kappa shape index (κ1) is 9.95. The minimum absolute atomic E-state index is 0.0388. The summed E-state index contributed by atoms with van der Waals surface area (Å²) in [5.74, 6) is -1.55. The molecule has 0 unspecified atom stereocenters. The molecule has 0 saturated carbocycles. The van der Waals surface area contributed by atoms with Gasteiger partial charge in [0.1, 0.15) is 0 Å². The van der Waals surface area contributed by atoms with Crippen molar-refractivity contribution < 1.29 is 14.0 Å². The van der Waals surface area contributed by atoms with Gasteiger partial charge in [0.25, 0.3) is 0 Å². The molecule has 74 valence electrons. The molecule has 1 heterocycles. The van der Waals surface area contributed by atoms with E-state index in [0.29, 0.717) is 25.9 Å². The molecule has 0 aliphatic carbocycles. The molecular formula is C8H13FN2O2. The molecule has 0 aromatic rings. The zero-order chi connectivity index (χ0) is 9.84. The standard InChI is InChI=1S/C8H13FN2O2/c9-5-6-1-3-11(4-2-6)8(13)7(10)12/h6H,1-5H2,(H2,10,12). The number of amides is 2. The number of primary amides is 1. The second kappa shape index (κ2) is 4.20. The summed E-state index contributed by atoms with van der Waals surface area (Å²) in [4.78, 5) is 22.9. The van der Waals surface area contributed by atoms with Gasteiger partial charge in [0.05, 0.1) is 6.67 Å². The van der Waals surface area contributed by atoms with Crippen molar-refractivity contribution >= 4 is 11.8 Å². The fraction of sp³-hybridized carbons (Fsp3) is 0.750. The summed E-state index contributed by atoms with van der Waals surface area (Å²) in [6.07, 6.45) is 1.24. The third kappa shape index (κ3) is 2.40. The van der Waals surface area contributed by atoms with Crippen LogP contribution in [0.4, 0.5) is 4.39 Å². The van der Waals surface area contributed by atoms with Crippen LogP contribution in [0.25, 0.3) is 0 Å². The van der Waals surface area contributed by atoms with Crippen LogP contribution < -0.4 is 5.73 Å². The molecule has 0 aromatic carbocycles. The van der Waals surface area contributed by atoms with Gasteiger partial charge in [-0.2, -0.15) is 0 Å². The van der Waals surface area contributed by atoms with E-state index in [2.05, 4.69) is 0 Å². The summed E-state index contributed by atoms with van der Waals surface area (Å²) in [6, 6.07) is 0. The van der Waals surface area contributed by atoms with Gasteiger partial charge in [0.2, 0.25) is 0 Å². The molecule has 2 N–H and O–H groups in total. The molecule has 1 fully saturated rings. The van der Waals surface area contributed by atoms with E-state index in [1.54, 1.807) is 0 Å². The Morgan fingerprint density at radius 1 is 1.38 bits per heavy atom. The number of halogens is 1. The van der Waals surface area contributed by atoms with E-state index in [1.807, 2.05) is 0 Å². The number of hydrogen-bond donors (Lipinski definition) is 1. The van der Waals surface area contributed by atoms with Gasteiger partial charge in [-0.25, -0.2) is 0 Å². The van der Waals surface area contributed by atoms with Crippen molar-refractivity contribution in [3.63, 3.8) is 0 Å². The molecule has 4 nitrogen and oxygen atoms in total. The minimum atomic E-state index is -0.932. The first-order valence-electron chi connectivity index (χ1n) is 4.29. The van der Waals surface area contributed by atoms with E-state index in [9.17, 15) is 14.0 Å². The Balaban J connectivity index is 2.41. The average Bonchev–Trinajstić information content (AvgIpc) is 2.17. The van der Waals surface area contributed by atoms with Gasteiger partial charge in [0.15, 0.2) is 0 Å². The maximum atomic E-state index is 12.2. The molecule has 2 amide bonds. The van der Waals surface area contributed by atoms with Gasteiger partial charge in [-0.1, -0.05) is 0 Å². The van der Waals surface area contributed by atoms with Gasteiger partial charge < -0.3 is 10.6 Å². The van der Waals surface area contributed by atoms with Crippen LogP contribution >= 0.6 is 0 Å². The van der Waals surface area contributed by atoms with Crippen LogP contribution in [0.2, 0.25) is 0 Å². The van der Waals surface area contributed by atoms with Crippen molar-refractivity contribution in [1.29, 1.82) is 0 Å². The maximum Gasteiger partial charge on any atom is 0.311 e. The largest absolute Gasteiger partial charge is 0.361 e. The van der Waals surface area contributed by atoms with Crippen molar-refractivity contribution in [3.05, 3.63) is 0 Å². The summed E-state index contributed by atoms with van der Waals surface area (Å²) in [7, 11) is 0. The monoisotopic (exact) mass is 188 g/mol. The molecule has 1 rings (SSSR count). The molecule has 0 bridgehead atoms. The fourth-order valence-electron chi connectivity index (χ4n) is 1.45. The predicted molar refractivity (Wildman–Crippen MR) is 44.5 cm³/mol. The summed E-state index contributed by atoms with van der Waals surface area (Å²) in [5, 5.41) is 0. The number of piperidine rings is 1. The van der Waals surface area contributed by atoms with E-state index in [-0.39, 0.29) is 12.6 Å². The Bertz CT molecular complexity index is 212. The normalized spacial score (nSPS) is 18.7. The molecule has 5 heteroatoms. The molecule has 1 saturated heterocycles. The summed E-state index contributed by atoms with van der Waals surface area (Å²) < 4.78 is 12.2. The topological polar surface area (TPSA) is 63.4 Å². The number of nitrogens with two attached hydrogens (primary N) is 1. The zero-order valence-electron chi connectivity index (χ0n) is 7.33. The lowest BCUT2D eigenvalue weighted by Gasteiger charge is -2.29. The van der Waals surface area contributed by atoms with Gasteiger partial charge in [-0.3, -0.25) is 14.0 Å². The van der Waals surface area contributed by atoms with E-state index in [1.165, 1.54) is 4.90 Å². The lowest BCUT2D eigenvalue weighted by atomic mass is 9.98. The average molecular weight is 188 g/mol. The summed E-state index contributed by atoms with van der Waals surface area (Å²) in [5.41, 5.74) is 4.83. The molecule has 1 aliphatic heterocycles. The van der Waals surface area contributed by atoms with Crippen LogP contribution in [0, 0.1) is 5.92 Å². The van der Waals surface area contributed by atoms with E-state index in [4.69, 9.17) is 5.73 Å². The number of carbonyl (C=O) groups excluding carboxylic acids is 2. The van der Waals surface area contributed by atoms with Crippen molar-refractivity contribution in [1.82, 2.24) is 4.90 Å². The van der Waals surface area contributed by atoms with Crippen molar-refractivity contribution in [2.75, 3.05) is 19.8 Å². The van der Waals surface area contributed by atoms with Gasteiger partial charge in [-0.05, 0) is 18.8 Å². The van der Waals surface area contributed by atoms with Crippen LogP contribution in [0.15, 0.2) is 0 Å². The van der Waals surface area contributed by atoms with Crippen LogP contribution in [0.1, 0.15) is 12.8 Å². The molecular weight excluding hydrogens is 175 g/mol. The Morgan fingerprint density at radius 2 is 1.92 bits per heavy atom. The van der Waals surface area contributed by atoms with Crippen LogP contribution in [-0.2, 0) is 9.59 Å². The highest BCUT2D eigenvalue weighted by Gasteiger charge is 2.25. The zero-order valence-corrected chi connectivity index (χ0v) is 7.33. The Kier molecular flexibility index (Phi) is 3.22. The molecule has 0 atom stereocenters. The number of carbonyl (C=O) groups is 2. The quantitative estimate of drug-likeness (QED) is 0.573. The van der Waals surface area contributed by atoms with Crippen LogP contribution in [0.3, 0.4) is 0 Å². The van der Waals surface area contributed by atoms with Crippen LogP contribution in [-0.4, -0.2) is 36.5 Å². The van der Waals surface area contributed by atoms with Crippen molar-refractivity contribution in [2.45, 2.75) is 12.8 Å². The van der Waals surface area contributed by atoms with E-state index >= 15 is 0 Å². The Labute approximate surface area is 75.9 Å². The highest BCUT2D eigenvalue weighted by atomic mass is 19.1. The highest BCUT2D eigenvalue weighted by Crippen LogP contribution is 2.17. The van der Waals surface area contributed by atoms with E-state index in [0.717, 1.165) is 0 Å². The number of hydrogen-bond acceptors (Lipinski definition) is 2. The second-order valence-electron chi connectivity index (χ2n) is 3.25. The smallest absolute Gasteiger partial charge is 0.311 e. The van der Waals surface area contributed by atoms with Gasteiger partial charge in [-0.15, -0.1) is 0 Å².